The molecule has 2 aliphatic rings. The molecule has 7 heteroatoms. The van der Waals surface area contributed by atoms with Gasteiger partial charge in [-0.05, 0) is 78.6 Å². The summed E-state index contributed by atoms with van der Waals surface area (Å²) in [5.41, 5.74) is 5.18. The lowest BCUT2D eigenvalue weighted by Crippen LogP contribution is -2.52. The first-order chi connectivity index (χ1) is 20.0. The van der Waals surface area contributed by atoms with Crippen molar-refractivity contribution in [2.45, 2.75) is 51.2 Å². The minimum Gasteiger partial charge on any atom is -0.493 e. The number of aromatic nitrogens is 1. The minimum absolute atomic E-state index is 0.241. The number of amides is 1. The number of piperidine rings is 1. The average molecular weight is 557 g/mol. The molecule has 0 saturated carbocycles. The Balaban J connectivity index is 1.25. The summed E-state index contributed by atoms with van der Waals surface area (Å²) >= 11 is 0. The van der Waals surface area contributed by atoms with E-state index in [1.54, 1.807) is 14.2 Å². The SMILES string of the molecule is COc1cc2c(cc1OC)CN([C@@H]1CCN(Cc3cccnc3)C[C@@H]1CCC(=O)N(C)CCc1ccccc1)CC2. The molecule has 7 nitrogen and oxygen atoms in total. The molecule has 3 heterocycles. The summed E-state index contributed by atoms with van der Waals surface area (Å²) in [7, 11) is 5.35. The van der Waals surface area contributed by atoms with Gasteiger partial charge in [-0.3, -0.25) is 19.6 Å². The Kier molecular flexibility index (Phi) is 9.91. The van der Waals surface area contributed by atoms with Crippen LogP contribution in [0, 0.1) is 5.92 Å². The topological polar surface area (TPSA) is 58.1 Å². The van der Waals surface area contributed by atoms with E-state index < -0.39 is 0 Å². The lowest BCUT2D eigenvalue weighted by atomic mass is 9.85. The molecule has 3 aromatic rings. The number of benzene rings is 2. The molecule has 1 fully saturated rings. The zero-order valence-electron chi connectivity index (χ0n) is 24.8. The number of nitrogens with zero attached hydrogens (tertiary/aromatic N) is 4. The van der Waals surface area contributed by atoms with E-state index in [0.29, 0.717) is 18.4 Å². The van der Waals surface area contributed by atoms with Crippen LogP contribution in [0.15, 0.2) is 67.0 Å². The van der Waals surface area contributed by atoms with Gasteiger partial charge in [-0.2, -0.15) is 0 Å². The Bertz CT molecular complexity index is 1270. The number of ether oxygens (including phenoxy) is 2. The third-order valence-corrected chi connectivity index (χ3v) is 8.86. The number of pyridine rings is 1. The van der Waals surface area contributed by atoms with Crippen LogP contribution in [0.1, 0.15) is 41.5 Å². The molecule has 1 amide bonds. The fraction of sp³-hybridized carbons (Fsp3) is 0.471. The maximum absolute atomic E-state index is 13.2. The van der Waals surface area contributed by atoms with Crippen LogP contribution >= 0.6 is 0 Å². The largest absolute Gasteiger partial charge is 0.493 e. The molecule has 41 heavy (non-hydrogen) atoms. The average Bonchev–Trinajstić information content (AvgIpc) is 3.02. The van der Waals surface area contributed by atoms with Gasteiger partial charge < -0.3 is 14.4 Å². The van der Waals surface area contributed by atoms with E-state index in [1.807, 2.05) is 36.5 Å². The molecule has 2 atom stereocenters. The molecule has 0 radical (unpaired) electrons. The number of carbonyl (C=O) groups excluding carboxylic acids is 1. The van der Waals surface area contributed by atoms with Gasteiger partial charge in [0.15, 0.2) is 11.5 Å². The van der Waals surface area contributed by atoms with Gasteiger partial charge in [0.25, 0.3) is 0 Å². The van der Waals surface area contributed by atoms with Crippen LogP contribution in [0.4, 0.5) is 0 Å². The van der Waals surface area contributed by atoms with Gasteiger partial charge in [0.2, 0.25) is 5.91 Å². The van der Waals surface area contributed by atoms with Crippen molar-refractivity contribution in [3.05, 3.63) is 89.2 Å². The molecule has 0 spiro atoms. The highest BCUT2D eigenvalue weighted by Gasteiger charge is 2.35. The van der Waals surface area contributed by atoms with E-state index in [0.717, 1.165) is 76.5 Å². The number of likely N-dealkylation sites (N-methyl/N-ethyl adjacent to an activating group) is 1. The Morgan fingerprint density at radius 2 is 1.76 bits per heavy atom. The standard InChI is InChI=1S/C34H44N4O3/c1-36(17-13-26-8-5-4-6-9-26)34(39)12-11-29-24-37(23-27-10-7-16-35-22-27)18-15-31(29)38-19-14-28-20-32(40-2)33(41-3)21-30(28)25-38/h4-10,16,20-22,29,31H,11-15,17-19,23-25H2,1-3H3/t29-,31+/m0/s1. The van der Waals surface area contributed by atoms with Crippen molar-refractivity contribution in [1.29, 1.82) is 0 Å². The number of carbonyl (C=O) groups is 1. The molecule has 0 aliphatic carbocycles. The quantitative estimate of drug-likeness (QED) is 0.337. The molecule has 0 unspecified atom stereocenters. The molecule has 0 N–H and O–H groups in total. The first-order valence-corrected chi connectivity index (χ1v) is 14.9. The molecular weight excluding hydrogens is 512 g/mol. The zero-order valence-corrected chi connectivity index (χ0v) is 24.8. The van der Waals surface area contributed by atoms with Crippen LogP contribution in [0.2, 0.25) is 0 Å². The summed E-state index contributed by atoms with van der Waals surface area (Å²) < 4.78 is 11.2. The van der Waals surface area contributed by atoms with E-state index in [2.05, 4.69) is 57.2 Å². The van der Waals surface area contributed by atoms with Crippen LogP contribution in [0.3, 0.4) is 0 Å². The minimum atomic E-state index is 0.241. The summed E-state index contributed by atoms with van der Waals surface area (Å²) in [6.45, 7) is 5.63. The van der Waals surface area contributed by atoms with E-state index in [4.69, 9.17) is 9.47 Å². The normalized spacial score (nSPS) is 19.4. The third-order valence-electron chi connectivity index (χ3n) is 8.86. The number of hydrogen-bond acceptors (Lipinski definition) is 6. The summed E-state index contributed by atoms with van der Waals surface area (Å²) in [6, 6.07) is 19.3. The lowest BCUT2D eigenvalue weighted by molar-refractivity contribution is -0.130. The van der Waals surface area contributed by atoms with Crippen LogP contribution in [-0.4, -0.2) is 79.1 Å². The van der Waals surface area contributed by atoms with Gasteiger partial charge in [0.05, 0.1) is 14.2 Å². The van der Waals surface area contributed by atoms with Crippen LogP contribution in [-0.2, 0) is 30.7 Å². The van der Waals surface area contributed by atoms with Gasteiger partial charge >= 0.3 is 0 Å². The molecule has 5 rings (SSSR count). The van der Waals surface area contributed by atoms with Crippen molar-refractivity contribution in [3.63, 3.8) is 0 Å². The van der Waals surface area contributed by atoms with Crippen LogP contribution < -0.4 is 9.47 Å². The fourth-order valence-electron chi connectivity index (χ4n) is 6.51. The third kappa shape index (κ3) is 7.46. The first-order valence-electron chi connectivity index (χ1n) is 14.9. The maximum Gasteiger partial charge on any atom is 0.222 e. The summed E-state index contributed by atoms with van der Waals surface area (Å²) in [4.78, 5) is 24.7. The molecule has 218 valence electrons. The van der Waals surface area contributed by atoms with Gasteiger partial charge in [-0.1, -0.05) is 36.4 Å². The summed E-state index contributed by atoms with van der Waals surface area (Å²) in [5, 5.41) is 0. The monoisotopic (exact) mass is 556 g/mol. The molecular formula is C34H44N4O3. The molecule has 0 bridgehead atoms. The van der Waals surface area contributed by atoms with E-state index >= 15 is 0 Å². The molecule has 1 saturated heterocycles. The Morgan fingerprint density at radius 3 is 2.49 bits per heavy atom. The summed E-state index contributed by atoms with van der Waals surface area (Å²) in [5.74, 6) is 2.26. The predicted molar refractivity (Wildman–Crippen MR) is 162 cm³/mol. The van der Waals surface area contributed by atoms with Crippen molar-refractivity contribution in [2.24, 2.45) is 5.92 Å². The number of likely N-dealkylation sites (tertiary alicyclic amines) is 1. The Hall–Kier alpha value is -3.42. The first kappa shape index (κ1) is 29.1. The number of rotatable bonds is 11. The smallest absolute Gasteiger partial charge is 0.222 e. The molecule has 1 aromatic heterocycles. The summed E-state index contributed by atoms with van der Waals surface area (Å²) in [6.07, 6.45) is 8.27. The van der Waals surface area contributed by atoms with Crippen molar-refractivity contribution < 1.29 is 14.3 Å². The van der Waals surface area contributed by atoms with Crippen molar-refractivity contribution in [3.8, 4) is 11.5 Å². The Labute approximate surface area is 245 Å². The highest BCUT2D eigenvalue weighted by atomic mass is 16.5. The second-order valence-corrected chi connectivity index (χ2v) is 11.5. The molecule has 2 aromatic carbocycles. The Morgan fingerprint density at radius 1 is 1.00 bits per heavy atom. The van der Waals surface area contributed by atoms with E-state index in [9.17, 15) is 4.79 Å². The van der Waals surface area contributed by atoms with Gasteiger partial charge in [-0.25, -0.2) is 0 Å². The number of fused-ring (bicyclic) bond motifs is 1. The maximum atomic E-state index is 13.2. The predicted octanol–water partition coefficient (Wildman–Crippen LogP) is 4.83. The van der Waals surface area contributed by atoms with Gasteiger partial charge in [0, 0.05) is 64.6 Å². The van der Waals surface area contributed by atoms with Gasteiger partial charge in [0.1, 0.15) is 0 Å². The fourth-order valence-corrected chi connectivity index (χ4v) is 6.51. The van der Waals surface area contributed by atoms with Crippen LogP contribution in [0.5, 0.6) is 11.5 Å². The van der Waals surface area contributed by atoms with Crippen LogP contribution in [0.25, 0.3) is 0 Å². The number of hydrogen-bond donors (Lipinski definition) is 0. The highest BCUT2D eigenvalue weighted by molar-refractivity contribution is 5.75. The second-order valence-electron chi connectivity index (χ2n) is 11.5. The van der Waals surface area contributed by atoms with Crippen molar-refractivity contribution >= 4 is 5.91 Å². The second kappa shape index (κ2) is 14.0. The number of methoxy groups -OCH3 is 2. The van der Waals surface area contributed by atoms with E-state index in [1.165, 1.54) is 22.3 Å². The van der Waals surface area contributed by atoms with E-state index in [-0.39, 0.29) is 5.91 Å². The van der Waals surface area contributed by atoms with Gasteiger partial charge in [-0.15, -0.1) is 0 Å². The van der Waals surface area contributed by atoms with Crippen molar-refractivity contribution in [1.82, 2.24) is 19.7 Å². The molecule has 2 aliphatic heterocycles. The van der Waals surface area contributed by atoms with Crippen molar-refractivity contribution in [2.75, 3.05) is 47.4 Å². The highest BCUT2D eigenvalue weighted by Crippen LogP contribution is 2.36. The zero-order chi connectivity index (χ0) is 28.6. The lowest BCUT2D eigenvalue weighted by Gasteiger charge is -2.46.